The van der Waals surface area contributed by atoms with Gasteiger partial charge in [-0.15, -0.1) is 0 Å². The Morgan fingerprint density at radius 3 is 0.558 bits per heavy atom. The van der Waals surface area contributed by atoms with Gasteiger partial charge in [-0.2, -0.15) is 0 Å². The van der Waals surface area contributed by atoms with Crippen LogP contribution in [0, 0.1) is 0 Å². The highest BCUT2D eigenvalue weighted by Crippen LogP contribution is 2.60. The van der Waals surface area contributed by atoms with E-state index in [0.29, 0.717) is 5.40 Å². The van der Waals surface area contributed by atoms with E-state index in [-0.39, 0.29) is 0 Å². The Morgan fingerprint density at radius 2 is 0.390 bits per heavy atom. The van der Waals surface area contributed by atoms with Crippen LogP contribution in [0.5, 0.6) is 0 Å². The molecule has 4 rings (SSSR count). The van der Waals surface area contributed by atoms with Gasteiger partial charge in [0, 0.05) is 5.40 Å². The van der Waals surface area contributed by atoms with Crippen LogP contribution in [-0.2, 0) is 77.0 Å². The zero-order valence-electron chi connectivity index (χ0n) is 53.3. The highest BCUT2D eigenvalue weighted by Gasteiger charge is 2.39. The molecule has 432 valence electrons. The molecule has 0 bridgehead atoms. The molecule has 0 aromatic heterocycles. The Bertz CT molecular complexity index is 1920. The Balaban J connectivity index is 2.46. The molecule has 0 aliphatic carbocycles. The van der Waals surface area contributed by atoms with Gasteiger partial charge in [-0.1, -0.05) is 216 Å². The maximum Gasteiger partial charge on any atom is 0.0152 e. The molecule has 4 aromatic rings. The van der Waals surface area contributed by atoms with Crippen molar-refractivity contribution in [3.63, 3.8) is 0 Å². The van der Waals surface area contributed by atoms with Gasteiger partial charge in [-0.3, -0.25) is 0 Å². The molecule has 0 nitrogen and oxygen atoms in total. The minimum absolute atomic E-state index is 0.517. The van der Waals surface area contributed by atoms with E-state index < -0.39 is 15.8 Å². The summed E-state index contributed by atoms with van der Waals surface area (Å²) in [7, 11) is -1.57. The first-order chi connectivity index (χ1) is 37.8. The third-order valence-electron chi connectivity index (χ3n) is 17.5. The zero-order chi connectivity index (χ0) is 55.8. The molecule has 0 radical (unpaired) electrons. The molecule has 0 fully saturated rings. The summed E-state index contributed by atoms with van der Waals surface area (Å²) in [6, 6.07) is 22.2. The fraction of sp³-hybridized carbons (Fsp3) is 0.680. The van der Waals surface area contributed by atoms with Gasteiger partial charge >= 0.3 is 0 Å². The molecule has 0 saturated carbocycles. The van der Waals surface area contributed by atoms with Gasteiger partial charge in [0.1, 0.15) is 0 Å². The molecule has 4 aromatic carbocycles. The van der Waals surface area contributed by atoms with Crippen molar-refractivity contribution in [2.45, 2.75) is 333 Å². The van der Waals surface area contributed by atoms with E-state index in [1.54, 1.807) is 88.0 Å². The zero-order valence-corrected chi connectivity index (χ0v) is 55.0. The van der Waals surface area contributed by atoms with Crippen LogP contribution in [0.3, 0.4) is 0 Å². The first kappa shape index (κ1) is 67.2. The van der Waals surface area contributed by atoms with E-state index in [9.17, 15) is 0 Å². The minimum Gasteiger partial charge on any atom is -0.0654 e. The fourth-order valence-corrected chi connectivity index (χ4v) is 20.8. The predicted molar refractivity (Wildman–Crippen MR) is 356 cm³/mol. The van der Waals surface area contributed by atoms with Crippen molar-refractivity contribution in [3.8, 4) is 0 Å². The van der Waals surface area contributed by atoms with Crippen molar-refractivity contribution in [1.82, 2.24) is 0 Å². The molecule has 0 saturated heterocycles. The van der Waals surface area contributed by atoms with Crippen molar-refractivity contribution >= 4 is 37.1 Å². The largest absolute Gasteiger partial charge is 0.0654 e. The van der Waals surface area contributed by atoms with E-state index in [2.05, 4.69) is 139 Å². The molecule has 2 heteroatoms. The van der Waals surface area contributed by atoms with Gasteiger partial charge in [0.2, 0.25) is 0 Å². The number of benzene rings is 4. The summed E-state index contributed by atoms with van der Waals surface area (Å²) in [5.74, 6) is 0. The van der Waals surface area contributed by atoms with Crippen LogP contribution >= 0.6 is 15.8 Å². The molecule has 0 unspecified atom stereocenters. The van der Waals surface area contributed by atoms with Crippen LogP contribution in [0.2, 0.25) is 0 Å². The van der Waals surface area contributed by atoms with Gasteiger partial charge in [-0.25, -0.2) is 0 Å². The summed E-state index contributed by atoms with van der Waals surface area (Å²) in [5.41, 5.74) is 21.0. The molecular weight excluding hydrogens is 963 g/mol. The lowest BCUT2D eigenvalue weighted by molar-refractivity contribution is 0.736. The summed E-state index contributed by atoms with van der Waals surface area (Å²) in [4.78, 5) is 0. The van der Waals surface area contributed by atoms with Gasteiger partial charge in [0.25, 0.3) is 0 Å². The van der Waals surface area contributed by atoms with E-state index in [4.69, 9.17) is 0 Å². The van der Waals surface area contributed by atoms with E-state index >= 15 is 0 Å². The number of unbranched alkanes of at least 4 members (excludes halogenated alkanes) is 12. The van der Waals surface area contributed by atoms with Gasteiger partial charge in [0.05, 0.1) is 0 Å². The predicted octanol–water partition coefficient (Wildman–Crippen LogP) is 22.1. The first-order valence-electron chi connectivity index (χ1n) is 33.9. The SMILES string of the molecule is CCCCc1ccc(P(c2ccc(CCCC)c(CCCC)c2CCCC)C(CC)P(c2ccc(CCCC)c(CCCC)c2CCCC)c2ccc(CCCC)c(CCCC)c2CCCC)c(CCCC)c1CCCC. The highest BCUT2D eigenvalue weighted by molar-refractivity contribution is 7.89. The van der Waals surface area contributed by atoms with E-state index in [1.165, 1.54) is 238 Å². The summed E-state index contributed by atoms with van der Waals surface area (Å²) >= 11 is 0. The van der Waals surface area contributed by atoms with Gasteiger partial charge in [0.15, 0.2) is 0 Å². The lowest BCUT2D eigenvalue weighted by Crippen LogP contribution is -2.34. The summed E-state index contributed by atoms with van der Waals surface area (Å²) in [6.45, 7) is 31.9. The average molecular weight is 1090 g/mol. The van der Waals surface area contributed by atoms with Crippen LogP contribution in [-0.4, -0.2) is 5.40 Å². The van der Waals surface area contributed by atoms with Crippen molar-refractivity contribution in [2.75, 3.05) is 0 Å². The summed E-state index contributed by atoms with van der Waals surface area (Å²) in [6.07, 6.45) is 46.4. The highest BCUT2D eigenvalue weighted by atomic mass is 31.2. The van der Waals surface area contributed by atoms with Crippen molar-refractivity contribution in [2.24, 2.45) is 0 Å². The molecule has 0 heterocycles. The normalized spacial score (nSPS) is 11.9. The van der Waals surface area contributed by atoms with Crippen molar-refractivity contribution in [3.05, 3.63) is 115 Å². The number of hydrogen-bond donors (Lipinski definition) is 0. The summed E-state index contributed by atoms with van der Waals surface area (Å²) < 4.78 is 0. The molecule has 0 aliphatic rings. The molecular formula is C75H122P2. The maximum atomic E-state index is 2.82. The van der Waals surface area contributed by atoms with E-state index in [0.717, 1.165) is 0 Å². The standard InChI is InChI=1S/C75H122P2/c1-14-27-39-59-51-55-71(67(47-35-22-9)63(59)43-31-18-5)76(72-56-52-60(40-28-15-2)64(44-32-19-6)68(72)48-36-23-10)75(26-13)77(73-57-53-61(41-29-16-3)65(45-33-20-7)69(73)49-37-24-11)74-58-54-62(42-30-17-4)66(46-34-21-8)70(74)50-38-25-12/h51-58,75H,14-50H2,1-13H3. The van der Waals surface area contributed by atoms with Crippen LogP contribution in [0.1, 0.15) is 317 Å². The lowest BCUT2D eigenvalue weighted by atomic mass is 9.90. The molecule has 0 N–H and O–H groups in total. The number of aryl methyl sites for hydroxylation is 4. The lowest BCUT2D eigenvalue weighted by Gasteiger charge is -2.40. The second-order valence-corrected chi connectivity index (χ2v) is 28.7. The third-order valence-corrected chi connectivity index (χ3v) is 24.5. The van der Waals surface area contributed by atoms with Gasteiger partial charge in [-0.05, 0) is 264 Å². The Labute approximate surface area is 482 Å². The van der Waals surface area contributed by atoms with Crippen molar-refractivity contribution in [1.29, 1.82) is 0 Å². The molecule has 77 heavy (non-hydrogen) atoms. The maximum absolute atomic E-state index is 2.82. The second-order valence-electron chi connectivity index (χ2n) is 23.7. The topological polar surface area (TPSA) is 0 Å². The molecule has 0 aliphatic heterocycles. The average Bonchev–Trinajstić information content (AvgIpc) is 3.48. The first-order valence-corrected chi connectivity index (χ1v) is 36.7. The Morgan fingerprint density at radius 1 is 0.221 bits per heavy atom. The monoisotopic (exact) mass is 1080 g/mol. The molecule has 0 spiro atoms. The minimum atomic E-state index is -0.786. The Kier molecular flexibility index (Phi) is 34.3. The fourth-order valence-electron chi connectivity index (χ4n) is 12.8. The van der Waals surface area contributed by atoms with Gasteiger partial charge < -0.3 is 0 Å². The summed E-state index contributed by atoms with van der Waals surface area (Å²) in [5, 5.41) is 7.69. The smallest absolute Gasteiger partial charge is 0.0152 e. The van der Waals surface area contributed by atoms with E-state index in [1.807, 2.05) is 0 Å². The van der Waals surface area contributed by atoms with Crippen LogP contribution in [0.15, 0.2) is 48.5 Å². The van der Waals surface area contributed by atoms with Crippen molar-refractivity contribution < 1.29 is 0 Å². The molecule has 0 atom stereocenters. The molecule has 0 amide bonds. The quantitative estimate of drug-likeness (QED) is 0.0388. The number of hydrogen-bond acceptors (Lipinski definition) is 0. The van der Waals surface area contributed by atoms with Crippen LogP contribution in [0.4, 0.5) is 0 Å². The van der Waals surface area contributed by atoms with Crippen LogP contribution in [0.25, 0.3) is 0 Å². The number of rotatable bonds is 43. The third kappa shape index (κ3) is 19.4. The second kappa shape index (κ2) is 39.2. The Hall–Kier alpha value is -2.26. The van der Waals surface area contributed by atoms with Crippen LogP contribution < -0.4 is 21.2 Å².